The topological polar surface area (TPSA) is 44.0 Å². The molecule has 0 heterocycles. The molecule has 0 rings (SSSR count). The summed E-state index contributed by atoms with van der Waals surface area (Å²) in [6.07, 6.45) is 2.97. The first-order valence-electron chi connectivity index (χ1n) is 3.35. The van der Waals surface area contributed by atoms with Gasteiger partial charge in [-0.05, 0) is 6.42 Å². The first-order chi connectivity index (χ1) is 4.35. The number of rotatable bonds is 4. The second-order valence-corrected chi connectivity index (χ2v) is 2.15. The van der Waals surface area contributed by atoms with Gasteiger partial charge in [0.25, 0.3) is 0 Å². The molecule has 0 aliphatic carbocycles. The molecular formula is C7H13NO. The van der Waals surface area contributed by atoms with E-state index in [0.29, 0.717) is 0 Å². The Morgan fingerprint density at radius 3 is 2.67 bits per heavy atom. The van der Waals surface area contributed by atoms with Gasteiger partial charge in [0.15, 0.2) is 0 Å². The zero-order chi connectivity index (χ0) is 7.11. The first kappa shape index (κ1) is 8.45. The standard InChI is InChI=1S/C7H13NO/c1-2-3-4-7(5-8)6-9/h7,9H,2-4,6H2,1H3/t7-/m0/s1. The highest BCUT2D eigenvalue weighted by atomic mass is 16.3. The maximum atomic E-state index is 8.53. The van der Waals surface area contributed by atoms with E-state index in [0.717, 1.165) is 19.3 Å². The molecule has 0 aliphatic rings. The Morgan fingerprint density at radius 1 is 1.67 bits per heavy atom. The summed E-state index contributed by atoms with van der Waals surface area (Å²) in [7, 11) is 0. The van der Waals surface area contributed by atoms with Gasteiger partial charge in [-0.15, -0.1) is 0 Å². The van der Waals surface area contributed by atoms with Crippen molar-refractivity contribution in [1.29, 1.82) is 5.26 Å². The quantitative estimate of drug-likeness (QED) is 0.618. The van der Waals surface area contributed by atoms with Crippen LogP contribution in [0.5, 0.6) is 0 Å². The third-order valence-electron chi connectivity index (χ3n) is 1.31. The Morgan fingerprint density at radius 2 is 2.33 bits per heavy atom. The predicted octanol–water partition coefficient (Wildman–Crippen LogP) is 1.31. The van der Waals surface area contributed by atoms with E-state index < -0.39 is 0 Å². The second kappa shape index (κ2) is 5.58. The van der Waals surface area contributed by atoms with Gasteiger partial charge in [-0.25, -0.2) is 0 Å². The summed E-state index contributed by atoms with van der Waals surface area (Å²) in [5.41, 5.74) is 0. The summed E-state index contributed by atoms with van der Waals surface area (Å²) in [5, 5.41) is 16.9. The molecule has 9 heavy (non-hydrogen) atoms. The first-order valence-corrected chi connectivity index (χ1v) is 3.35. The summed E-state index contributed by atoms with van der Waals surface area (Å²) in [6, 6.07) is 2.04. The molecule has 0 saturated heterocycles. The fourth-order valence-electron chi connectivity index (χ4n) is 0.647. The lowest BCUT2D eigenvalue weighted by Gasteiger charge is -2.00. The van der Waals surface area contributed by atoms with Crippen molar-refractivity contribution in [2.24, 2.45) is 5.92 Å². The van der Waals surface area contributed by atoms with Crippen molar-refractivity contribution in [3.8, 4) is 6.07 Å². The van der Waals surface area contributed by atoms with Crippen LogP contribution in [0.3, 0.4) is 0 Å². The SMILES string of the molecule is CCCC[C@@H](C#N)CO. The molecule has 0 saturated carbocycles. The number of aliphatic hydroxyl groups excluding tert-OH is 1. The molecule has 2 heteroatoms. The average Bonchev–Trinajstić information content (AvgIpc) is 1.91. The van der Waals surface area contributed by atoms with Gasteiger partial charge < -0.3 is 5.11 Å². The van der Waals surface area contributed by atoms with Crippen molar-refractivity contribution >= 4 is 0 Å². The van der Waals surface area contributed by atoms with E-state index in [1.54, 1.807) is 0 Å². The van der Waals surface area contributed by atoms with Gasteiger partial charge in [0, 0.05) is 0 Å². The van der Waals surface area contributed by atoms with Gasteiger partial charge in [-0.1, -0.05) is 19.8 Å². The molecule has 0 aromatic heterocycles. The van der Waals surface area contributed by atoms with E-state index in [1.165, 1.54) is 0 Å². The van der Waals surface area contributed by atoms with E-state index in [9.17, 15) is 0 Å². The highest BCUT2D eigenvalue weighted by Gasteiger charge is 2.02. The van der Waals surface area contributed by atoms with Crippen molar-refractivity contribution in [2.45, 2.75) is 26.2 Å². The molecule has 0 amide bonds. The maximum Gasteiger partial charge on any atom is 0.0694 e. The van der Waals surface area contributed by atoms with Crippen molar-refractivity contribution in [3.63, 3.8) is 0 Å². The van der Waals surface area contributed by atoms with E-state index in [2.05, 4.69) is 6.92 Å². The number of hydrogen-bond donors (Lipinski definition) is 1. The average molecular weight is 127 g/mol. The number of unbranched alkanes of at least 4 members (excludes halogenated alkanes) is 1. The van der Waals surface area contributed by atoms with Crippen LogP contribution in [-0.2, 0) is 0 Å². The maximum absolute atomic E-state index is 8.53. The van der Waals surface area contributed by atoms with Crippen LogP contribution in [0.15, 0.2) is 0 Å². The van der Waals surface area contributed by atoms with Crippen molar-refractivity contribution in [1.82, 2.24) is 0 Å². The van der Waals surface area contributed by atoms with Crippen molar-refractivity contribution in [2.75, 3.05) is 6.61 Å². The summed E-state index contributed by atoms with van der Waals surface area (Å²) >= 11 is 0. The summed E-state index contributed by atoms with van der Waals surface area (Å²) in [5.74, 6) is -0.134. The molecular weight excluding hydrogens is 114 g/mol. The molecule has 1 N–H and O–H groups in total. The van der Waals surface area contributed by atoms with Crippen molar-refractivity contribution < 1.29 is 5.11 Å². The Bertz CT molecular complexity index is 95.6. The zero-order valence-electron chi connectivity index (χ0n) is 5.80. The van der Waals surface area contributed by atoms with Crippen LogP contribution in [0.2, 0.25) is 0 Å². The molecule has 2 nitrogen and oxygen atoms in total. The van der Waals surface area contributed by atoms with Crippen LogP contribution in [0.25, 0.3) is 0 Å². The monoisotopic (exact) mass is 127 g/mol. The third-order valence-corrected chi connectivity index (χ3v) is 1.31. The van der Waals surface area contributed by atoms with Crippen LogP contribution in [0, 0.1) is 17.2 Å². The Kier molecular flexibility index (Phi) is 5.24. The molecule has 1 atom stereocenters. The van der Waals surface area contributed by atoms with Crippen LogP contribution in [-0.4, -0.2) is 11.7 Å². The minimum atomic E-state index is -0.134. The minimum Gasteiger partial charge on any atom is -0.395 e. The number of nitrogens with zero attached hydrogens (tertiary/aromatic N) is 1. The lowest BCUT2D eigenvalue weighted by molar-refractivity contribution is 0.247. The summed E-state index contributed by atoms with van der Waals surface area (Å²) in [4.78, 5) is 0. The highest BCUT2D eigenvalue weighted by molar-refractivity contribution is 4.81. The van der Waals surface area contributed by atoms with Gasteiger partial charge in [-0.2, -0.15) is 5.26 Å². The van der Waals surface area contributed by atoms with Crippen LogP contribution < -0.4 is 0 Å². The lowest BCUT2D eigenvalue weighted by atomic mass is 10.1. The summed E-state index contributed by atoms with van der Waals surface area (Å²) in [6.45, 7) is 2.09. The molecule has 0 unspecified atom stereocenters. The Balaban J connectivity index is 3.23. The van der Waals surface area contributed by atoms with Gasteiger partial charge in [0.05, 0.1) is 18.6 Å². The van der Waals surface area contributed by atoms with Crippen LogP contribution >= 0.6 is 0 Å². The number of hydrogen-bond acceptors (Lipinski definition) is 2. The highest BCUT2D eigenvalue weighted by Crippen LogP contribution is 2.05. The fraction of sp³-hybridized carbons (Fsp3) is 0.857. The molecule has 52 valence electrons. The van der Waals surface area contributed by atoms with Gasteiger partial charge in [-0.3, -0.25) is 0 Å². The third kappa shape index (κ3) is 3.99. The van der Waals surface area contributed by atoms with E-state index in [1.807, 2.05) is 6.07 Å². The van der Waals surface area contributed by atoms with Gasteiger partial charge in [0.1, 0.15) is 0 Å². The molecule has 0 spiro atoms. The Hall–Kier alpha value is -0.550. The summed E-state index contributed by atoms with van der Waals surface area (Å²) < 4.78 is 0. The zero-order valence-corrected chi connectivity index (χ0v) is 5.80. The number of nitriles is 1. The van der Waals surface area contributed by atoms with E-state index >= 15 is 0 Å². The molecule has 0 bridgehead atoms. The van der Waals surface area contributed by atoms with E-state index in [4.69, 9.17) is 10.4 Å². The molecule has 0 aromatic carbocycles. The predicted molar refractivity (Wildman–Crippen MR) is 35.7 cm³/mol. The fourth-order valence-corrected chi connectivity index (χ4v) is 0.647. The Labute approximate surface area is 56.1 Å². The normalized spacial score (nSPS) is 12.6. The molecule has 0 aromatic rings. The molecule has 0 aliphatic heterocycles. The van der Waals surface area contributed by atoms with Crippen LogP contribution in [0.4, 0.5) is 0 Å². The van der Waals surface area contributed by atoms with Crippen LogP contribution in [0.1, 0.15) is 26.2 Å². The van der Waals surface area contributed by atoms with Crippen molar-refractivity contribution in [3.05, 3.63) is 0 Å². The lowest BCUT2D eigenvalue weighted by Crippen LogP contribution is -2.01. The number of aliphatic hydroxyl groups is 1. The molecule has 0 fully saturated rings. The largest absolute Gasteiger partial charge is 0.395 e. The van der Waals surface area contributed by atoms with E-state index in [-0.39, 0.29) is 12.5 Å². The van der Waals surface area contributed by atoms with Gasteiger partial charge >= 0.3 is 0 Å². The minimum absolute atomic E-state index is 0.0104. The second-order valence-electron chi connectivity index (χ2n) is 2.15. The van der Waals surface area contributed by atoms with Gasteiger partial charge in [0.2, 0.25) is 0 Å². The smallest absolute Gasteiger partial charge is 0.0694 e. The molecule has 0 radical (unpaired) electrons.